The molecule has 13 nitrogen and oxygen atoms in total. The lowest BCUT2D eigenvalue weighted by atomic mass is 10.1. The molecule has 2 aliphatic rings. The largest absolute Gasteiger partial charge is 0.483 e. The minimum atomic E-state index is -1.13. The highest BCUT2D eigenvalue weighted by Gasteiger charge is 2.32. The molecule has 2 aromatic rings. The van der Waals surface area contributed by atoms with E-state index >= 15 is 0 Å². The Morgan fingerprint density at radius 2 is 1.78 bits per heavy atom. The van der Waals surface area contributed by atoms with Crippen molar-refractivity contribution in [3.05, 3.63) is 36.0 Å². The number of unbranched alkanes of at least 4 members (excludes halogenated alkanes) is 1. The normalized spacial score (nSPS) is 17.2. The first kappa shape index (κ1) is 33.5. The second-order valence-electron chi connectivity index (χ2n) is 11.3. The number of carbonyl (C=O) groups excluding carboxylic acids is 4. The molecule has 1 unspecified atom stereocenters. The number of carboxylic acids is 1. The van der Waals surface area contributed by atoms with Crippen molar-refractivity contribution in [3.63, 3.8) is 0 Å². The first-order valence-electron chi connectivity index (χ1n) is 15.8. The third kappa shape index (κ3) is 8.83. The van der Waals surface area contributed by atoms with E-state index in [1.54, 1.807) is 25.1 Å². The number of hydrogen-bond acceptors (Lipinski definition) is 8. The summed E-state index contributed by atoms with van der Waals surface area (Å²) >= 11 is 0. The summed E-state index contributed by atoms with van der Waals surface area (Å²) in [5.41, 5.74) is 0.441. The zero-order valence-electron chi connectivity index (χ0n) is 26.0. The van der Waals surface area contributed by atoms with Gasteiger partial charge in [-0.25, -0.2) is 9.78 Å². The second kappa shape index (κ2) is 16.1. The molecule has 4 rings (SSSR count). The number of benzene rings is 1. The Hall–Kier alpha value is -4.42. The van der Waals surface area contributed by atoms with E-state index in [1.807, 2.05) is 11.0 Å². The molecule has 0 bridgehead atoms. The van der Waals surface area contributed by atoms with Crippen molar-refractivity contribution < 1.29 is 38.6 Å². The van der Waals surface area contributed by atoms with Gasteiger partial charge in [-0.2, -0.15) is 0 Å². The molecule has 0 radical (unpaired) electrons. The lowest BCUT2D eigenvalue weighted by molar-refractivity contribution is -0.138. The average Bonchev–Trinajstić information content (AvgIpc) is 3.52. The molecule has 2 saturated heterocycles. The predicted molar refractivity (Wildman–Crippen MR) is 165 cm³/mol. The SMILES string of the molecule is CCCCC1CCCN1C(=O)COc1cc(C(=O)N[C@@H](CCC(=O)O)C(=O)N2CCN(C(=O)OCC)CC2)nc2ccccc12. The van der Waals surface area contributed by atoms with Crippen LogP contribution in [-0.4, -0.2) is 113 Å². The van der Waals surface area contributed by atoms with E-state index in [2.05, 4.69) is 17.2 Å². The number of fused-ring (bicyclic) bond motifs is 1. The summed E-state index contributed by atoms with van der Waals surface area (Å²) in [6.07, 6.45) is 4.12. The summed E-state index contributed by atoms with van der Waals surface area (Å²) in [5, 5.41) is 12.6. The van der Waals surface area contributed by atoms with Crippen LogP contribution in [0.15, 0.2) is 30.3 Å². The van der Waals surface area contributed by atoms with Gasteiger partial charge in [0.05, 0.1) is 12.1 Å². The fourth-order valence-corrected chi connectivity index (χ4v) is 5.81. The molecule has 2 fully saturated rings. The van der Waals surface area contributed by atoms with Crippen LogP contribution in [-0.2, 0) is 19.1 Å². The van der Waals surface area contributed by atoms with Gasteiger partial charge >= 0.3 is 12.1 Å². The fourth-order valence-electron chi connectivity index (χ4n) is 5.81. The number of aromatic nitrogens is 1. The van der Waals surface area contributed by atoms with E-state index < -0.39 is 29.9 Å². The molecule has 244 valence electrons. The zero-order valence-corrected chi connectivity index (χ0v) is 26.0. The van der Waals surface area contributed by atoms with Gasteiger partial charge in [0.2, 0.25) is 5.91 Å². The van der Waals surface area contributed by atoms with Gasteiger partial charge in [0, 0.05) is 56.6 Å². The summed E-state index contributed by atoms with van der Waals surface area (Å²) in [4.78, 5) is 72.8. The molecule has 2 N–H and O–H groups in total. The van der Waals surface area contributed by atoms with Crippen LogP contribution >= 0.6 is 0 Å². The van der Waals surface area contributed by atoms with Crippen LogP contribution < -0.4 is 10.1 Å². The number of carboxylic acid groups (broad SMARTS) is 1. The standard InChI is InChI=1S/C32H43N5O8/c1-3-5-9-22-10-8-15-37(22)28(38)21-45-27-20-26(33-24-12-7-6-11-23(24)27)30(41)34-25(13-14-29(39)40)31(42)35-16-18-36(19-17-35)32(43)44-4-2/h6-7,11-12,20,22,25H,3-5,8-10,13-19,21H2,1-2H3,(H,34,41)(H,39,40)/t22?,25-/m0/s1. The number of nitrogens with one attached hydrogen (secondary N) is 1. The van der Waals surface area contributed by atoms with Gasteiger partial charge in [-0.05, 0) is 44.7 Å². The van der Waals surface area contributed by atoms with E-state index in [4.69, 9.17) is 9.47 Å². The Labute approximate surface area is 262 Å². The van der Waals surface area contributed by atoms with E-state index in [0.717, 1.165) is 32.1 Å². The second-order valence-corrected chi connectivity index (χ2v) is 11.3. The number of aliphatic carboxylic acids is 1. The number of para-hydroxylation sites is 1. The summed E-state index contributed by atoms with van der Waals surface area (Å²) < 4.78 is 11.0. The Morgan fingerprint density at radius 3 is 2.49 bits per heavy atom. The summed E-state index contributed by atoms with van der Waals surface area (Å²) in [6.45, 7) is 5.54. The van der Waals surface area contributed by atoms with Gasteiger partial charge in [0.15, 0.2) is 6.61 Å². The molecule has 0 saturated carbocycles. The topological polar surface area (TPSA) is 159 Å². The summed E-state index contributed by atoms with van der Waals surface area (Å²) in [5.74, 6) is -2.02. The van der Waals surface area contributed by atoms with E-state index in [1.165, 1.54) is 15.9 Å². The smallest absolute Gasteiger partial charge is 0.409 e. The molecule has 1 aromatic carbocycles. The number of piperazine rings is 1. The number of carbonyl (C=O) groups is 5. The highest BCUT2D eigenvalue weighted by Crippen LogP contribution is 2.27. The van der Waals surface area contributed by atoms with Gasteiger partial charge in [-0.1, -0.05) is 31.9 Å². The molecule has 13 heteroatoms. The predicted octanol–water partition coefficient (Wildman–Crippen LogP) is 3.06. The molecular formula is C32H43N5O8. The Bertz CT molecular complexity index is 1380. The molecule has 0 spiro atoms. The highest BCUT2D eigenvalue weighted by atomic mass is 16.6. The van der Waals surface area contributed by atoms with Crippen molar-refractivity contribution in [2.75, 3.05) is 45.9 Å². The molecule has 3 heterocycles. The van der Waals surface area contributed by atoms with Crippen LogP contribution in [0.5, 0.6) is 5.75 Å². The van der Waals surface area contributed by atoms with E-state index in [9.17, 15) is 29.1 Å². The highest BCUT2D eigenvalue weighted by molar-refractivity contribution is 5.99. The Balaban J connectivity index is 1.47. The third-order valence-corrected chi connectivity index (χ3v) is 8.22. The van der Waals surface area contributed by atoms with E-state index in [-0.39, 0.29) is 69.9 Å². The molecule has 2 atom stereocenters. The first-order chi connectivity index (χ1) is 21.7. The van der Waals surface area contributed by atoms with Crippen LogP contribution in [0.25, 0.3) is 10.9 Å². The van der Waals surface area contributed by atoms with Crippen LogP contribution in [0.2, 0.25) is 0 Å². The van der Waals surface area contributed by atoms with Crippen LogP contribution in [0.1, 0.15) is 69.3 Å². The molecular weight excluding hydrogens is 582 g/mol. The first-order valence-corrected chi connectivity index (χ1v) is 15.8. The maximum absolute atomic E-state index is 13.5. The zero-order chi connectivity index (χ0) is 32.3. The molecule has 2 aliphatic heterocycles. The fraction of sp³-hybridized carbons (Fsp3) is 0.562. The monoisotopic (exact) mass is 625 g/mol. The number of rotatable bonds is 13. The van der Waals surface area contributed by atoms with Gasteiger partial charge in [0.25, 0.3) is 11.8 Å². The maximum Gasteiger partial charge on any atom is 0.409 e. The van der Waals surface area contributed by atoms with Crippen molar-refractivity contribution >= 4 is 40.7 Å². The third-order valence-electron chi connectivity index (χ3n) is 8.22. The van der Waals surface area contributed by atoms with Crippen molar-refractivity contribution in [2.45, 2.75) is 70.9 Å². The number of nitrogens with zero attached hydrogens (tertiary/aromatic N) is 4. The number of likely N-dealkylation sites (tertiary alicyclic amines) is 1. The maximum atomic E-state index is 13.5. The van der Waals surface area contributed by atoms with E-state index in [0.29, 0.717) is 23.2 Å². The molecule has 4 amide bonds. The Kier molecular flexibility index (Phi) is 11.9. The van der Waals surface area contributed by atoms with Gasteiger partial charge < -0.3 is 34.6 Å². The minimum absolute atomic E-state index is 0.0293. The van der Waals surface area contributed by atoms with Crippen molar-refractivity contribution in [1.29, 1.82) is 0 Å². The van der Waals surface area contributed by atoms with Gasteiger partial charge in [-0.15, -0.1) is 0 Å². The van der Waals surface area contributed by atoms with Gasteiger partial charge in [-0.3, -0.25) is 19.2 Å². The molecule has 1 aromatic heterocycles. The van der Waals surface area contributed by atoms with Crippen molar-refractivity contribution in [3.8, 4) is 5.75 Å². The lowest BCUT2D eigenvalue weighted by Crippen LogP contribution is -2.56. The number of hydrogen-bond donors (Lipinski definition) is 2. The lowest BCUT2D eigenvalue weighted by Gasteiger charge is -2.35. The molecule has 45 heavy (non-hydrogen) atoms. The number of ether oxygens (including phenoxy) is 2. The van der Waals surface area contributed by atoms with Crippen molar-refractivity contribution in [2.24, 2.45) is 0 Å². The summed E-state index contributed by atoms with van der Waals surface area (Å²) in [7, 11) is 0. The quantitative estimate of drug-likeness (QED) is 0.341. The molecule has 0 aliphatic carbocycles. The van der Waals surface area contributed by atoms with Crippen LogP contribution in [0, 0.1) is 0 Å². The number of amides is 4. The Morgan fingerprint density at radius 1 is 1.04 bits per heavy atom. The van der Waals surface area contributed by atoms with Crippen LogP contribution in [0.4, 0.5) is 4.79 Å². The minimum Gasteiger partial charge on any atom is -0.483 e. The number of pyridine rings is 1. The van der Waals surface area contributed by atoms with Crippen molar-refractivity contribution in [1.82, 2.24) is 25.0 Å². The average molecular weight is 626 g/mol. The van der Waals surface area contributed by atoms with Crippen LogP contribution in [0.3, 0.4) is 0 Å². The van der Waals surface area contributed by atoms with Gasteiger partial charge in [0.1, 0.15) is 17.5 Å². The summed E-state index contributed by atoms with van der Waals surface area (Å²) in [6, 6.07) is 7.62.